The Hall–Kier alpha value is -2.56. The van der Waals surface area contributed by atoms with E-state index >= 15 is 0 Å². The van der Waals surface area contributed by atoms with E-state index in [2.05, 4.69) is 17.4 Å². The predicted octanol–water partition coefficient (Wildman–Crippen LogP) is 3.22. The highest BCUT2D eigenvalue weighted by Gasteiger charge is 2.36. The summed E-state index contributed by atoms with van der Waals surface area (Å²) in [5.74, 6) is -1.75. The number of hydrogen-bond acceptors (Lipinski definition) is 3. The van der Waals surface area contributed by atoms with Crippen molar-refractivity contribution in [1.29, 1.82) is 0 Å². The minimum Gasteiger partial charge on any atom is -0.475 e. The first-order chi connectivity index (χ1) is 11.1. The standard InChI is InChI=1S/C18H19NO4/c20-16(14-8-9-15(23-14)17(21)22)19-12-18(10-4-5-11-18)13-6-2-1-3-7-13/h1-3,6-9H,4-5,10-12H2,(H,19,20)(H,21,22). The number of carboxylic acids is 1. The van der Waals surface area contributed by atoms with Crippen LogP contribution in [-0.4, -0.2) is 23.5 Å². The molecule has 0 aliphatic heterocycles. The highest BCUT2D eigenvalue weighted by atomic mass is 16.4. The summed E-state index contributed by atoms with van der Waals surface area (Å²) in [5.41, 5.74) is 1.20. The highest BCUT2D eigenvalue weighted by molar-refractivity contribution is 5.93. The molecule has 1 heterocycles. The normalized spacial score (nSPS) is 16.2. The zero-order valence-electron chi connectivity index (χ0n) is 12.7. The molecule has 1 aromatic heterocycles. The lowest BCUT2D eigenvalue weighted by Crippen LogP contribution is -2.38. The zero-order valence-corrected chi connectivity index (χ0v) is 12.7. The fraction of sp³-hybridized carbons (Fsp3) is 0.333. The van der Waals surface area contributed by atoms with Crippen LogP contribution in [0.3, 0.4) is 0 Å². The van der Waals surface area contributed by atoms with E-state index in [1.54, 1.807) is 0 Å². The van der Waals surface area contributed by atoms with Gasteiger partial charge in [-0.15, -0.1) is 0 Å². The molecule has 120 valence electrons. The third-order valence-electron chi connectivity index (χ3n) is 4.57. The summed E-state index contributed by atoms with van der Waals surface area (Å²) in [6.07, 6.45) is 4.37. The molecule has 3 rings (SSSR count). The van der Waals surface area contributed by atoms with Crippen LogP contribution in [0.5, 0.6) is 0 Å². The minimum atomic E-state index is -1.18. The summed E-state index contributed by atoms with van der Waals surface area (Å²) in [7, 11) is 0. The monoisotopic (exact) mass is 313 g/mol. The second-order valence-electron chi connectivity index (χ2n) is 6.01. The molecule has 1 aliphatic rings. The maximum Gasteiger partial charge on any atom is 0.371 e. The number of hydrogen-bond donors (Lipinski definition) is 2. The molecular formula is C18H19NO4. The van der Waals surface area contributed by atoms with Gasteiger partial charge in [-0.1, -0.05) is 43.2 Å². The number of aromatic carboxylic acids is 1. The van der Waals surface area contributed by atoms with Crippen molar-refractivity contribution in [2.24, 2.45) is 0 Å². The summed E-state index contributed by atoms with van der Waals surface area (Å²) in [4.78, 5) is 23.0. The van der Waals surface area contributed by atoms with Crippen molar-refractivity contribution in [3.63, 3.8) is 0 Å². The summed E-state index contributed by atoms with van der Waals surface area (Å²) >= 11 is 0. The third-order valence-corrected chi connectivity index (χ3v) is 4.57. The van der Waals surface area contributed by atoms with Crippen LogP contribution in [0.1, 0.15) is 52.4 Å². The Bertz CT molecular complexity index is 699. The van der Waals surface area contributed by atoms with Crippen LogP contribution >= 0.6 is 0 Å². The number of carbonyl (C=O) groups is 2. The first-order valence-corrected chi connectivity index (χ1v) is 7.78. The van der Waals surface area contributed by atoms with Crippen LogP contribution in [0.4, 0.5) is 0 Å². The Labute approximate surface area is 134 Å². The van der Waals surface area contributed by atoms with Crippen LogP contribution in [0.15, 0.2) is 46.9 Å². The Morgan fingerprint density at radius 1 is 1.04 bits per heavy atom. The summed E-state index contributed by atoms with van der Waals surface area (Å²) in [6, 6.07) is 12.9. The summed E-state index contributed by atoms with van der Waals surface area (Å²) < 4.78 is 5.05. The van der Waals surface area contributed by atoms with Crippen molar-refractivity contribution >= 4 is 11.9 Å². The molecule has 0 radical (unpaired) electrons. The van der Waals surface area contributed by atoms with E-state index in [-0.39, 0.29) is 22.8 Å². The number of furan rings is 1. The molecule has 5 heteroatoms. The number of rotatable bonds is 5. The van der Waals surface area contributed by atoms with Crippen LogP contribution in [0.25, 0.3) is 0 Å². The second-order valence-corrected chi connectivity index (χ2v) is 6.01. The molecule has 1 amide bonds. The van der Waals surface area contributed by atoms with Crippen LogP contribution < -0.4 is 5.32 Å². The van der Waals surface area contributed by atoms with Gasteiger partial charge in [-0.05, 0) is 30.5 Å². The van der Waals surface area contributed by atoms with Crippen molar-refractivity contribution in [1.82, 2.24) is 5.32 Å². The Kier molecular flexibility index (Phi) is 4.19. The van der Waals surface area contributed by atoms with Gasteiger partial charge in [0.05, 0.1) is 0 Å². The van der Waals surface area contributed by atoms with Gasteiger partial charge in [-0.3, -0.25) is 4.79 Å². The Morgan fingerprint density at radius 3 is 2.30 bits per heavy atom. The van der Waals surface area contributed by atoms with Crippen molar-refractivity contribution in [3.05, 3.63) is 59.5 Å². The fourth-order valence-corrected chi connectivity index (χ4v) is 3.32. The third kappa shape index (κ3) is 3.13. The molecule has 0 saturated heterocycles. The first kappa shape index (κ1) is 15.3. The van der Waals surface area contributed by atoms with Gasteiger partial charge in [-0.25, -0.2) is 4.79 Å². The van der Waals surface area contributed by atoms with E-state index in [0.29, 0.717) is 6.54 Å². The number of carbonyl (C=O) groups excluding carboxylic acids is 1. The predicted molar refractivity (Wildman–Crippen MR) is 84.6 cm³/mol. The number of amides is 1. The van der Waals surface area contributed by atoms with Crippen molar-refractivity contribution in [2.45, 2.75) is 31.1 Å². The topological polar surface area (TPSA) is 79.5 Å². The molecule has 0 atom stereocenters. The second kappa shape index (κ2) is 6.28. The van der Waals surface area contributed by atoms with Gasteiger partial charge in [0.2, 0.25) is 5.76 Å². The molecule has 0 bridgehead atoms. The zero-order chi connectivity index (χ0) is 16.3. The van der Waals surface area contributed by atoms with Gasteiger partial charge in [0.25, 0.3) is 5.91 Å². The molecule has 1 aromatic carbocycles. The van der Waals surface area contributed by atoms with Gasteiger partial charge in [0, 0.05) is 12.0 Å². The molecule has 0 unspecified atom stereocenters. The molecule has 1 saturated carbocycles. The Balaban J connectivity index is 1.72. The molecule has 0 spiro atoms. The van der Waals surface area contributed by atoms with E-state index in [9.17, 15) is 9.59 Å². The molecule has 2 N–H and O–H groups in total. The lowest BCUT2D eigenvalue weighted by molar-refractivity contribution is 0.0659. The van der Waals surface area contributed by atoms with Crippen LogP contribution in [0, 0.1) is 0 Å². The number of nitrogens with one attached hydrogen (secondary N) is 1. The quantitative estimate of drug-likeness (QED) is 0.888. The van der Waals surface area contributed by atoms with E-state index in [4.69, 9.17) is 9.52 Å². The first-order valence-electron chi connectivity index (χ1n) is 7.78. The summed E-state index contributed by atoms with van der Waals surface area (Å²) in [6.45, 7) is 0.527. The van der Waals surface area contributed by atoms with E-state index in [1.165, 1.54) is 17.7 Å². The molecule has 5 nitrogen and oxygen atoms in total. The van der Waals surface area contributed by atoms with Crippen LogP contribution in [0.2, 0.25) is 0 Å². The number of benzene rings is 1. The smallest absolute Gasteiger partial charge is 0.371 e. The molecule has 2 aromatic rings. The molecule has 1 aliphatic carbocycles. The van der Waals surface area contributed by atoms with E-state index in [1.807, 2.05) is 18.2 Å². The molecule has 23 heavy (non-hydrogen) atoms. The lowest BCUT2D eigenvalue weighted by Gasteiger charge is -2.29. The lowest BCUT2D eigenvalue weighted by atomic mass is 9.79. The van der Waals surface area contributed by atoms with Crippen LogP contribution in [-0.2, 0) is 5.41 Å². The average molecular weight is 313 g/mol. The van der Waals surface area contributed by atoms with E-state index in [0.717, 1.165) is 25.7 Å². The van der Waals surface area contributed by atoms with Gasteiger partial charge in [-0.2, -0.15) is 0 Å². The van der Waals surface area contributed by atoms with Crippen molar-refractivity contribution in [2.75, 3.05) is 6.54 Å². The highest BCUT2D eigenvalue weighted by Crippen LogP contribution is 2.40. The molecule has 1 fully saturated rings. The van der Waals surface area contributed by atoms with Gasteiger partial charge in [0.1, 0.15) is 0 Å². The van der Waals surface area contributed by atoms with Gasteiger partial charge < -0.3 is 14.8 Å². The SMILES string of the molecule is O=C(O)c1ccc(C(=O)NCC2(c3ccccc3)CCCC2)o1. The van der Waals surface area contributed by atoms with E-state index < -0.39 is 5.97 Å². The van der Waals surface area contributed by atoms with Gasteiger partial charge >= 0.3 is 5.97 Å². The number of carboxylic acid groups (broad SMARTS) is 1. The molecular weight excluding hydrogens is 294 g/mol. The largest absolute Gasteiger partial charge is 0.475 e. The maximum absolute atomic E-state index is 12.2. The van der Waals surface area contributed by atoms with Crippen molar-refractivity contribution in [3.8, 4) is 0 Å². The minimum absolute atomic E-state index is 0.0311. The maximum atomic E-state index is 12.2. The Morgan fingerprint density at radius 2 is 1.70 bits per heavy atom. The summed E-state index contributed by atoms with van der Waals surface area (Å²) in [5, 5.41) is 11.8. The van der Waals surface area contributed by atoms with Gasteiger partial charge in [0.15, 0.2) is 5.76 Å². The average Bonchev–Trinajstić information content (AvgIpc) is 3.24. The van der Waals surface area contributed by atoms with Crippen molar-refractivity contribution < 1.29 is 19.1 Å². The fourth-order valence-electron chi connectivity index (χ4n) is 3.32.